The Hall–Kier alpha value is -2.29. The van der Waals surface area contributed by atoms with Gasteiger partial charge in [0.1, 0.15) is 6.04 Å². The number of halogens is 2. The van der Waals surface area contributed by atoms with Crippen molar-refractivity contribution in [1.29, 1.82) is 0 Å². The maximum Gasteiger partial charge on any atom is 0.242 e. The molecule has 7 nitrogen and oxygen atoms in total. The number of carbonyl (C=O) groups excluding carboxylic acids is 2. The van der Waals surface area contributed by atoms with Gasteiger partial charge in [-0.2, -0.15) is 0 Å². The molecule has 0 heterocycles. The summed E-state index contributed by atoms with van der Waals surface area (Å²) in [6.45, 7) is 8.20. The fraction of sp³-hybridized carbons (Fsp3) is 0.462. The van der Waals surface area contributed by atoms with Crippen molar-refractivity contribution in [2.45, 2.75) is 59.5 Å². The lowest BCUT2D eigenvalue weighted by Gasteiger charge is -2.31. The summed E-state index contributed by atoms with van der Waals surface area (Å²) in [7, 11) is -3.56. The van der Waals surface area contributed by atoms with Crippen molar-refractivity contribution in [3.8, 4) is 0 Å². The van der Waals surface area contributed by atoms with Crippen molar-refractivity contribution in [2.24, 2.45) is 0 Å². The average Bonchev–Trinajstić information content (AvgIpc) is 2.76. The van der Waals surface area contributed by atoms with Crippen molar-refractivity contribution in [2.75, 3.05) is 23.7 Å². The zero-order valence-electron chi connectivity index (χ0n) is 21.5. The van der Waals surface area contributed by atoms with Gasteiger partial charge in [-0.25, -0.2) is 8.42 Å². The number of nitrogens with one attached hydrogen (secondary N) is 1. The van der Waals surface area contributed by atoms with E-state index in [9.17, 15) is 18.0 Å². The Kier molecular flexibility index (Phi) is 11.1. The maximum atomic E-state index is 13.4. The first-order valence-electron chi connectivity index (χ1n) is 11.9. The van der Waals surface area contributed by atoms with Crippen molar-refractivity contribution >= 4 is 50.7 Å². The van der Waals surface area contributed by atoms with Gasteiger partial charge in [0, 0.05) is 36.1 Å². The summed E-state index contributed by atoms with van der Waals surface area (Å²) in [4.78, 5) is 27.7. The lowest BCUT2D eigenvalue weighted by atomic mass is 10.1. The molecule has 0 aliphatic carbocycles. The van der Waals surface area contributed by atoms with Gasteiger partial charge in [0.25, 0.3) is 0 Å². The van der Waals surface area contributed by atoms with Crippen molar-refractivity contribution < 1.29 is 18.0 Å². The van der Waals surface area contributed by atoms with Crippen LogP contribution in [0.4, 0.5) is 5.69 Å². The van der Waals surface area contributed by atoms with Gasteiger partial charge in [-0.05, 0) is 74.6 Å². The molecule has 2 rings (SSSR count). The van der Waals surface area contributed by atoms with Crippen LogP contribution in [0.5, 0.6) is 0 Å². The van der Waals surface area contributed by atoms with E-state index in [0.29, 0.717) is 34.3 Å². The number of likely N-dealkylation sites (N-methyl/N-ethyl adjacent to an activating group) is 1. The highest BCUT2D eigenvalue weighted by Crippen LogP contribution is 2.25. The van der Waals surface area contributed by atoms with E-state index in [2.05, 4.69) is 5.32 Å². The minimum absolute atomic E-state index is 0.0674. The fourth-order valence-electron chi connectivity index (χ4n) is 4.14. The van der Waals surface area contributed by atoms with Crippen LogP contribution in [-0.4, -0.2) is 50.5 Å². The molecule has 0 bridgehead atoms. The third kappa shape index (κ3) is 8.39. The van der Waals surface area contributed by atoms with Gasteiger partial charge in [-0.1, -0.05) is 42.3 Å². The number of anilines is 1. The lowest BCUT2D eigenvalue weighted by Crippen LogP contribution is -2.49. The number of sulfonamides is 1. The van der Waals surface area contributed by atoms with Crippen molar-refractivity contribution in [3.63, 3.8) is 0 Å². The Morgan fingerprint density at radius 1 is 1.03 bits per heavy atom. The molecule has 0 spiro atoms. The summed E-state index contributed by atoms with van der Waals surface area (Å²) in [6, 6.07) is 9.93. The second-order valence-electron chi connectivity index (χ2n) is 8.86. The summed E-state index contributed by atoms with van der Waals surface area (Å²) < 4.78 is 26.4. The third-order valence-corrected chi connectivity index (χ3v) is 7.52. The first kappa shape index (κ1) is 29.9. The molecule has 0 unspecified atom stereocenters. The first-order chi connectivity index (χ1) is 16.9. The first-order valence-corrected chi connectivity index (χ1v) is 14.5. The van der Waals surface area contributed by atoms with E-state index in [1.54, 1.807) is 18.2 Å². The molecule has 0 saturated carbocycles. The quantitative estimate of drug-likeness (QED) is 0.394. The Morgan fingerprint density at radius 3 is 2.19 bits per heavy atom. The largest absolute Gasteiger partial charge is 0.355 e. The maximum absolute atomic E-state index is 13.4. The van der Waals surface area contributed by atoms with Crippen LogP contribution in [0, 0.1) is 13.8 Å². The van der Waals surface area contributed by atoms with E-state index in [1.807, 2.05) is 45.9 Å². The Bertz CT molecular complexity index is 1170. The predicted octanol–water partition coefficient (Wildman–Crippen LogP) is 5.10. The zero-order chi connectivity index (χ0) is 27.0. The molecule has 0 fully saturated rings. The predicted molar refractivity (Wildman–Crippen MR) is 147 cm³/mol. The van der Waals surface area contributed by atoms with Gasteiger partial charge >= 0.3 is 0 Å². The van der Waals surface area contributed by atoms with Crippen molar-refractivity contribution in [3.05, 3.63) is 63.1 Å². The minimum atomic E-state index is -3.56. The highest BCUT2D eigenvalue weighted by Gasteiger charge is 2.29. The van der Waals surface area contributed by atoms with E-state index < -0.39 is 16.1 Å². The number of rotatable bonds is 12. The van der Waals surface area contributed by atoms with Crippen LogP contribution in [0.1, 0.15) is 49.8 Å². The second kappa shape index (κ2) is 13.3. The molecule has 2 aromatic rings. The topological polar surface area (TPSA) is 86.8 Å². The number of amides is 2. The number of carbonyl (C=O) groups is 2. The average molecular weight is 557 g/mol. The van der Waals surface area contributed by atoms with E-state index >= 15 is 0 Å². The summed E-state index contributed by atoms with van der Waals surface area (Å²) in [5.74, 6) is -0.501. The van der Waals surface area contributed by atoms with E-state index in [4.69, 9.17) is 23.2 Å². The molecule has 2 aromatic carbocycles. The molecule has 0 radical (unpaired) electrons. The van der Waals surface area contributed by atoms with E-state index in [-0.39, 0.29) is 37.7 Å². The molecule has 10 heteroatoms. The molecule has 198 valence electrons. The van der Waals surface area contributed by atoms with Crippen LogP contribution in [0.25, 0.3) is 0 Å². The normalized spacial score (nSPS) is 12.2. The SMILES string of the molecule is CCNC(=O)[C@@H](CC)N(Cc1ccc(Cl)cc1Cl)C(=O)CCCN(c1cc(C)cc(C)c1)S(C)(=O)=O. The van der Waals surface area contributed by atoms with Crippen LogP contribution in [0.15, 0.2) is 36.4 Å². The fourth-order valence-corrected chi connectivity index (χ4v) is 5.56. The smallest absolute Gasteiger partial charge is 0.242 e. The molecule has 36 heavy (non-hydrogen) atoms. The summed E-state index contributed by atoms with van der Waals surface area (Å²) in [6.07, 6.45) is 1.93. The van der Waals surface area contributed by atoms with Gasteiger partial charge in [0.2, 0.25) is 21.8 Å². The molecule has 0 saturated heterocycles. The standard InChI is InChI=1S/C26H35Cl2N3O4S/c1-6-24(26(33)29-7-2)30(17-20-10-11-21(27)16-23(20)28)25(32)9-8-12-31(36(5,34)35)22-14-18(3)13-19(4)15-22/h10-11,13-16,24H,6-9,12,17H2,1-5H3,(H,29,33)/t24-/m1/s1. The molecule has 0 aromatic heterocycles. The number of benzene rings is 2. The molecule has 1 N–H and O–H groups in total. The highest BCUT2D eigenvalue weighted by atomic mass is 35.5. The van der Waals surface area contributed by atoms with Gasteiger partial charge in [0.15, 0.2) is 0 Å². The highest BCUT2D eigenvalue weighted by molar-refractivity contribution is 7.92. The molecular weight excluding hydrogens is 521 g/mol. The number of hydrogen-bond donors (Lipinski definition) is 1. The summed E-state index contributed by atoms with van der Waals surface area (Å²) in [5, 5.41) is 3.68. The second-order valence-corrected chi connectivity index (χ2v) is 11.6. The van der Waals surface area contributed by atoms with Gasteiger partial charge in [-0.15, -0.1) is 0 Å². The summed E-state index contributed by atoms with van der Waals surface area (Å²) in [5.41, 5.74) is 3.15. The molecule has 2 amide bonds. The molecule has 0 aliphatic heterocycles. The Morgan fingerprint density at radius 2 is 1.67 bits per heavy atom. The van der Waals surface area contributed by atoms with Gasteiger partial charge < -0.3 is 10.2 Å². The number of aryl methyl sites for hydroxylation is 2. The van der Waals surface area contributed by atoms with Crippen LogP contribution in [-0.2, 0) is 26.2 Å². The minimum Gasteiger partial charge on any atom is -0.355 e. The Balaban J connectivity index is 2.26. The van der Waals surface area contributed by atoms with E-state index in [0.717, 1.165) is 17.4 Å². The van der Waals surface area contributed by atoms with Crippen LogP contribution in [0.3, 0.4) is 0 Å². The molecule has 0 aliphatic rings. The molecular formula is C26H35Cl2N3O4S. The van der Waals surface area contributed by atoms with Crippen LogP contribution >= 0.6 is 23.2 Å². The van der Waals surface area contributed by atoms with E-state index in [1.165, 1.54) is 9.21 Å². The zero-order valence-corrected chi connectivity index (χ0v) is 23.8. The number of hydrogen-bond acceptors (Lipinski definition) is 4. The monoisotopic (exact) mass is 555 g/mol. The van der Waals surface area contributed by atoms with Crippen molar-refractivity contribution in [1.82, 2.24) is 10.2 Å². The van der Waals surface area contributed by atoms with Crippen LogP contribution in [0.2, 0.25) is 10.0 Å². The molecule has 1 atom stereocenters. The summed E-state index contributed by atoms with van der Waals surface area (Å²) >= 11 is 12.4. The Labute approximate surface area is 224 Å². The van der Waals surface area contributed by atoms with Gasteiger partial charge in [-0.3, -0.25) is 13.9 Å². The van der Waals surface area contributed by atoms with Gasteiger partial charge in [0.05, 0.1) is 11.9 Å². The van der Waals surface area contributed by atoms with Crippen LogP contribution < -0.4 is 9.62 Å². The third-order valence-electron chi connectivity index (χ3n) is 5.74. The lowest BCUT2D eigenvalue weighted by molar-refractivity contribution is -0.141. The number of nitrogens with zero attached hydrogens (tertiary/aromatic N) is 2.